The Morgan fingerprint density at radius 3 is 2.75 bits per heavy atom. The van der Waals surface area contributed by atoms with Gasteiger partial charge in [0.1, 0.15) is 0 Å². The molecule has 2 aliphatic heterocycles. The molecule has 0 aromatic rings. The molecule has 0 saturated carbocycles. The van der Waals surface area contributed by atoms with E-state index >= 15 is 0 Å². The Bertz CT molecular complexity index is 180. The molecule has 3 heteroatoms. The van der Waals surface area contributed by atoms with Gasteiger partial charge in [0.25, 0.3) is 0 Å². The number of nitrogens with one attached hydrogen (secondary N) is 1. The third-order valence-corrected chi connectivity index (χ3v) is 2.74. The number of piperidine rings is 1. The van der Waals surface area contributed by atoms with Crippen molar-refractivity contribution >= 4 is 5.96 Å². The van der Waals surface area contributed by atoms with E-state index in [0.717, 1.165) is 25.0 Å². The molecule has 0 spiro atoms. The highest BCUT2D eigenvalue weighted by atomic mass is 15.3. The number of aliphatic imine (C=N–C) groups is 1. The summed E-state index contributed by atoms with van der Waals surface area (Å²) in [6.07, 6.45) is 2.64. The Morgan fingerprint density at radius 1 is 1.42 bits per heavy atom. The molecule has 0 aromatic heterocycles. The highest BCUT2D eigenvalue weighted by Crippen LogP contribution is 2.16. The van der Waals surface area contributed by atoms with Gasteiger partial charge in [0, 0.05) is 19.6 Å². The maximum Gasteiger partial charge on any atom is 0.194 e. The molecule has 68 valence electrons. The first-order valence-electron chi connectivity index (χ1n) is 4.89. The van der Waals surface area contributed by atoms with Crippen LogP contribution in [0, 0.1) is 5.92 Å². The van der Waals surface area contributed by atoms with Gasteiger partial charge in [-0.25, -0.2) is 0 Å². The van der Waals surface area contributed by atoms with Gasteiger partial charge in [-0.2, -0.15) is 0 Å². The summed E-state index contributed by atoms with van der Waals surface area (Å²) in [7, 11) is 0. The second-order valence-corrected chi connectivity index (χ2v) is 3.80. The van der Waals surface area contributed by atoms with E-state index in [1.54, 1.807) is 0 Å². The zero-order valence-corrected chi connectivity index (χ0v) is 7.71. The van der Waals surface area contributed by atoms with Crippen LogP contribution in [0.2, 0.25) is 0 Å². The maximum atomic E-state index is 4.42. The lowest BCUT2D eigenvalue weighted by atomic mass is 10.00. The minimum absolute atomic E-state index is 0.906. The van der Waals surface area contributed by atoms with Crippen LogP contribution in [0.15, 0.2) is 4.99 Å². The first-order chi connectivity index (χ1) is 5.86. The molecule has 1 saturated heterocycles. The van der Waals surface area contributed by atoms with Crippen LogP contribution < -0.4 is 5.32 Å². The first kappa shape index (κ1) is 7.90. The minimum Gasteiger partial charge on any atom is -0.354 e. The van der Waals surface area contributed by atoms with E-state index in [1.807, 2.05) is 0 Å². The number of hydrogen-bond acceptors (Lipinski definition) is 3. The van der Waals surface area contributed by atoms with E-state index < -0.39 is 0 Å². The lowest BCUT2D eigenvalue weighted by molar-refractivity contribution is 0.276. The fourth-order valence-electron chi connectivity index (χ4n) is 1.82. The summed E-state index contributed by atoms with van der Waals surface area (Å²) in [4.78, 5) is 6.80. The Labute approximate surface area is 73.9 Å². The third-order valence-electron chi connectivity index (χ3n) is 2.74. The van der Waals surface area contributed by atoms with E-state index in [-0.39, 0.29) is 0 Å². The van der Waals surface area contributed by atoms with Gasteiger partial charge in [0.2, 0.25) is 0 Å². The normalized spacial score (nSPS) is 25.4. The number of guanidine groups is 1. The Morgan fingerprint density at radius 2 is 2.17 bits per heavy atom. The van der Waals surface area contributed by atoms with Gasteiger partial charge < -0.3 is 10.2 Å². The molecule has 3 nitrogen and oxygen atoms in total. The van der Waals surface area contributed by atoms with E-state index in [9.17, 15) is 0 Å². The molecule has 0 atom stereocenters. The van der Waals surface area contributed by atoms with Crippen molar-refractivity contribution in [1.29, 1.82) is 0 Å². The molecule has 0 aromatic carbocycles. The number of nitrogens with zero attached hydrogens (tertiary/aromatic N) is 2. The topological polar surface area (TPSA) is 27.6 Å². The number of likely N-dealkylation sites (tertiary alicyclic amines) is 1. The maximum absolute atomic E-state index is 4.42. The van der Waals surface area contributed by atoms with Gasteiger partial charge in [-0.05, 0) is 18.8 Å². The summed E-state index contributed by atoms with van der Waals surface area (Å²) in [5.74, 6) is 2.05. The molecular weight excluding hydrogens is 150 g/mol. The van der Waals surface area contributed by atoms with Crippen LogP contribution >= 0.6 is 0 Å². The fraction of sp³-hybridized carbons (Fsp3) is 0.889. The SMILES string of the molecule is CC1CCN(C2=NCCN2)CC1. The third kappa shape index (κ3) is 1.54. The Kier molecular flexibility index (Phi) is 2.19. The molecule has 2 rings (SSSR count). The van der Waals surface area contributed by atoms with Crippen LogP contribution in [-0.2, 0) is 0 Å². The lowest BCUT2D eigenvalue weighted by Crippen LogP contribution is -2.43. The van der Waals surface area contributed by atoms with Crippen LogP contribution in [0.3, 0.4) is 0 Å². The zero-order valence-electron chi connectivity index (χ0n) is 7.71. The lowest BCUT2D eigenvalue weighted by Gasteiger charge is -2.31. The van der Waals surface area contributed by atoms with Crippen molar-refractivity contribution in [3.8, 4) is 0 Å². The molecule has 12 heavy (non-hydrogen) atoms. The number of rotatable bonds is 0. The van der Waals surface area contributed by atoms with Crippen molar-refractivity contribution in [2.24, 2.45) is 10.9 Å². The molecule has 0 aliphatic carbocycles. The predicted molar refractivity (Wildman–Crippen MR) is 50.3 cm³/mol. The van der Waals surface area contributed by atoms with Crippen LogP contribution in [-0.4, -0.2) is 37.0 Å². The van der Waals surface area contributed by atoms with E-state index in [0.29, 0.717) is 0 Å². The van der Waals surface area contributed by atoms with Gasteiger partial charge in [-0.3, -0.25) is 4.99 Å². The van der Waals surface area contributed by atoms with Gasteiger partial charge in [0.05, 0.1) is 6.54 Å². The van der Waals surface area contributed by atoms with Crippen LogP contribution in [0.5, 0.6) is 0 Å². The van der Waals surface area contributed by atoms with Crippen LogP contribution in [0.4, 0.5) is 0 Å². The van der Waals surface area contributed by atoms with Crippen molar-refractivity contribution in [3.05, 3.63) is 0 Å². The molecule has 1 fully saturated rings. The largest absolute Gasteiger partial charge is 0.354 e. The van der Waals surface area contributed by atoms with E-state index in [2.05, 4.69) is 22.1 Å². The summed E-state index contributed by atoms with van der Waals surface area (Å²) in [5.41, 5.74) is 0. The molecule has 0 radical (unpaired) electrons. The number of hydrogen-bond donors (Lipinski definition) is 1. The fourth-order valence-corrected chi connectivity index (χ4v) is 1.82. The predicted octanol–water partition coefficient (Wildman–Crippen LogP) is 0.677. The molecule has 1 N–H and O–H groups in total. The highest BCUT2D eigenvalue weighted by Gasteiger charge is 2.19. The van der Waals surface area contributed by atoms with Crippen molar-refractivity contribution < 1.29 is 0 Å². The van der Waals surface area contributed by atoms with Crippen molar-refractivity contribution in [2.45, 2.75) is 19.8 Å². The van der Waals surface area contributed by atoms with Gasteiger partial charge in [-0.15, -0.1) is 0 Å². The molecule has 0 amide bonds. The Hall–Kier alpha value is -0.730. The molecule has 0 bridgehead atoms. The average Bonchev–Trinajstić information content (AvgIpc) is 2.58. The summed E-state index contributed by atoms with van der Waals surface area (Å²) < 4.78 is 0. The monoisotopic (exact) mass is 167 g/mol. The van der Waals surface area contributed by atoms with E-state index in [4.69, 9.17) is 0 Å². The summed E-state index contributed by atoms with van der Waals surface area (Å²) in [6, 6.07) is 0. The second-order valence-electron chi connectivity index (χ2n) is 3.80. The van der Waals surface area contributed by atoms with Crippen molar-refractivity contribution in [3.63, 3.8) is 0 Å². The summed E-state index contributed by atoms with van der Waals surface area (Å²) in [5, 5.41) is 3.32. The summed E-state index contributed by atoms with van der Waals surface area (Å²) >= 11 is 0. The molecule has 0 unspecified atom stereocenters. The standard InChI is InChI=1S/C9H17N3/c1-8-2-6-12(7-3-8)9-10-4-5-11-9/h8H,2-7H2,1H3,(H,10,11). The molecule has 2 aliphatic rings. The van der Waals surface area contributed by atoms with Gasteiger partial charge >= 0.3 is 0 Å². The van der Waals surface area contributed by atoms with Crippen LogP contribution in [0.25, 0.3) is 0 Å². The quantitative estimate of drug-likeness (QED) is 0.574. The van der Waals surface area contributed by atoms with Crippen molar-refractivity contribution in [2.75, 3.05) is 26.2 Å². The Balaban J connectivity index is 1.88. The van der Waals surface area contributed by atoms with E-state index in [1.165, 1.54) is 25.9 Å². The molecule has 2 heterocycles. The second kappa shape index (κ2) is 3.33. The van der Waals surface area contributed by atoms with Gasteiger partial charge in [-0.1, -0.05) is 6.92 Å². The first-order valence-corrected chi connectivity index (χ1v) is 4.89. The highest BCUT2D eigenvalue weighted by molar-refractivity contribution is 5.81. The average molecular weight is 167 g/mol. The minimum atomic E-state index is 0.906. The van der Waals surface area contributed by atoms with Crippen molar-refractivity contribution in [1.82, 2.24) is 10.2 Å². The molecular formula is C9H17N3. The summed E-state index contributed by atoms with van der Waals surface area (Å²) in [6.45, 7) is 6.70. The van der Waals surface area contributed by atoms with Crippen LogP contribution in [0.1, 0.15) is 19.8 Å². The smallest absolute Gasteiger partial charge is 0.194 e. The van der Waals surface area contributed by atoms with Gasteiger partial charge in [0.15, 0.2) is 5.96 Å². The zero-order chi connectivity index (χ0) is 8.39.